The molecule has 0 saturated heterocycles. The van der Waals surface area contributed by atoms with Gasteiger partial charge >= 0.3 is 0 Å². The van der Waals surface area contributed by atoms with Gasteiger partial charge in [0.15, 0.2) is 0 Å². The lowest BCUT2D eigenvalue weighted by Crippen LogP contribution is -1.93. The Bertz CT molecular complexity index is 553. The summed E-state index contributed by atoms with van der Waals surface area (Å²) in [6, 6.07) is 7.25. The minimum atomic E-state index is 0.500. The second-order valence-electron chi connectivity index (χ2n) is 3.21. The number of isocyanates is 1. The van der Waals surface area contributed by atoms with Crippen LogP contribution < -0.4 is 0 Å². The summed E-state index contributed by atoms with van der Waals surface area (Å²) in [5, 5.41) is 4.70. The fourth-order valence-corrected chi connectivity index (χ4v) is 1.63. The monoisotopic (exact) mass is 233 g/mol. The molecule has 0 atom stereocenters. The summed E-state index contributed by atoms with van der Waals surface area (Å²) >= 11 is 5.81. The maximum atomic E-state index is 10.3. The molecule has 2 rings (SSSR count). The van der Waals surface area contributed by atoms with Gasteiger partial charge in [-0.1, -0.05) is 23.7 Å². The van der Waals surface area contributed by atoms with Crippen LogP contribution in [0.4, 0.5) is 5.69 Å². The third-order valence-corrected chi connectivity index (χ3v) is 2.46. The molecule has 0 radical (unpaired) electrons. The molecule has 1 aromatic carbocycles. The second kappa shape index (κ2) is 4.31. The van der Waals surface area contributed by atoms with Crippen LogP contribution in [0.5, 0.6) is 0 Å². The number of aryl methyl sites for hydroxylation is 1. The molecule has 0 unspecified atom stereocenters. The number of hydrogen-bond acceptors (Lipinski definition) is 3. The van der Waals surface area contributed by atoms with Crippen LogP contribution in [0.1, 0.15) is 0 Å². The highest BCUT2D eigenvalue weighted by atomic mass is 35.5. The first-order chi connectivity index (χ1) is 7.72. The minimum absolute atomic E-state index is 0.500. The molecular formula is C11H8ClN3O. The van der Waals surface area contributed by atoms with Gasteiger partial charge in [0, 0.05) is 17.6 Å². The van der Waals surface area contributed by atoms with Crippen molar-refractivity contribution in [2.75, 3.05) is 0 Å². The standard InChI is InChI=1S/C11H8ClN3O/c1-15-11(10(6-14-15)13-7-16)8-2-4-9(12)5-3-8/h2-6H,1H3. The summed E-state index contributed by atoms with van der Waals surface area (Å²) < 4.78 is 1.65. The highest BCUT2D eigenvalue weighted by molar-refractivity contribution is 6.30. The van der Waals surface area contributed by atoms with Gasteiger partial charge in [-0.05, 0) is 12.1 Å². The number of nitrogens with zero attached hydrogens (tertiary/aromatic N) is 3. The number of halogens is 1. The second-order valence-corrected chi connectivity index (χ2v) is 3.65. The van der Waals surface area contributed by atoms with Gasteiger partial charge in [0.2, 0.25) is 6.08 Å². The van der Waals surface area contributed by atoms with Gasteiger partial charge in [-0.15, -0.1) is 0 Å². The highest BCUT2D eigenvalue weighted by Crippen LogP contribution is 2.29. The summed E-state index contributed by atoms with van der Waals surface area (Å²) in [6.45, 7) is 0. The van der Waals surface area contributed by atoms with E-state index >= 15 is 0 Å². The van der Waals surface area contributed by atoms with E-state index in [0.29, 0.717) is 10.7 Å². The lowest BCUT2D eigenvalue weighted by Gasteiger charge is -2.02. The molecule has 80 valence electrons. The number of carbonyl (C=O) groups excluding carboxylic acids is 1. The van der Waals surface area contributed by atoms with Gasteiger partial charge in [0.25, 0.3) is 0 Å². The molecule has 0 spiro atoms. The van der Waals surface area contributed by atoms with Gasteiger partial charge in [-0.3, -0.25) is 4.68 Å². The maximum absolute atomic E-state index is 10.3. The first kappa shape index (κ1) is 10.6. The van der Waals surface area contributed by atoms with Crippen molar-refractivity contribution in [3.05, 3.63) is 35.5 Å². The first-order valence-electron chi connectivity index (χ1n) is 4.58. The van der Waals surface area contributed by atoms with Crippen LogP contribution >= 0.6 is 11.6 Å². The zero-order chi connectivity index (χ0) is 11.5. The quantitative estimate of drug-likeness (QED) is 0.592. The van der Waals surface area contributed by atoms with E-state index in [4.69, 9.17) is 11.6 Å². The molecular weight excluding hydrogens is 226 g/mol. The summed E-state index contributed by atoms with van der Waals surface area (Å²) in [7, 11) is 1.79. The van der Waals surface area contributed by atoms with Crippen molar-refractivity contribution in [1.29, 1.82) is 0 Å². The van der Waals surface area contributed by atoms with Gasteiger partial charge in [0.1, 0.15) is 5.69 Å². The average molecular weight is 234 g/mol. The Morgan fingerprint density at radius 2 is 2.06 bits per heavy atom. The number of aromatic nitrogens is 2. The molecule has 0 aliphatic rings. The number of hydrogen-bond donors (Lipinski definition) is 0. The lowest BCUT2D eigenvalue weighted by molar-refractivity contribution is 0.565. The van der Waals surface area contributed by atoms with Gasteiger partial charge < -0.3 is 0 Å². The van der Waals surface area contributed by atoms with Crippen LogP contribution in [0.25, 0.3) is 11.3 Å². The summed E-state index contributed by atoms with van der Waals surface area (Å²) in [5.41, 5.74) is 2.17. The molecule has 4 nitrogen and oxygen atoms in total. The van der Waals surface area contributed by atoms with Crippen molar-refractivity contribution in [3.63, 3.8) is 0 Å². The fraction of sp³-hybridized carbons (Fsp3) is 0.0909. The van der Waals surface area contributed by atoms with Gasteiger partial charge in [0.05, 0.1) is 11.9 Å². The number of aliphatic imine (C=N–C) groups is 1. The Morgan fingerprint density at radius 1 is 1.38 bits per heavy atom. The molecule has 0 fully saturated rings. The van der Waals surface area contributed by atoms with E-state index in [-0.39, 0.29) is 0 Å². The van der Waals surface area contributed by atoms with E-state index in [1.165, 1.54) is 12.3 Å². The van der Waals surface area contributed by atoms with E-state index in [1.807, 2.05) is 12.1 Å². The SMILES string of the molecule is Cn1ncc(N=C=O)c1-c1ccc(Cl)cc1. The maximum Gasteiger partial charge on any atom is 0.240 e. The van der Waals surface area contributed by atoms with Crippen LogP contribution in [-0.4, -0.2) is 15.9 Å². The number of rotatable bonds is 2. The molecule has 0 aliphatic carbocycles. The lowest BCUT2D eigenvalue weighted by atomic mass is 10.1. The normalized spacial score (nSPS) is 9.88. The predicted molar refractivity (Wildman–Crippen MR) is 61.4 cm³/mol. The van der Waals surface area contributed by atoms with E-state index < -0.39 is 0 Å². The summed E-state index contributed by atoms with van der Waals surface area (Å²) in [4.78, 5) is 13.9. The van der Waals surface area contributed by atoms with Crippen molar-refractivity contribution >= 4 is 23.4 Å². The molecule has 0 N–H and O–H groups in total. The Morgan fingerprint density at radius 3 is 2.69 bits per heavy atom. The molecule has 16 heavy (non-hydrogen) atoms. The Hall–Kier alpha value is -1.90. The fourth-order valence-electron chi connectivity index (χ4n) is 1.50. The van der Waals surface area contributed by atoms with Crippen LogP contribution in [-0.2, 0) is 11.8 Å². The topological polar surface area (TPSA) is 47.2 Å². The molecule has 0 amide bonds. The van der Waals surface area contributed by atoms with Crippen LogP contribution in [0.15, 0.2) is 35.5 Å². The Labute approximate surface area is 97.2 Å². The van der Waals surface area contributed by atoms with Crippen molar-refractivity contribution in [1.82, 2.24) is 9.78 Å². The van der Waals surface area contributed by atoms with Crippen LogP contribution in [0.3, 0.4) is 0 Å². The van der Waals surface area contributed by atoms with Crippen LogP contribution in [0, 0.1) is 0 Å². The Kier molecular flexibility index (Phi) is 2.86. The van der Waals surface area contributed by atoms with Crippen LogP contribution in [0.2, 0.25) is 5.02 Å². The molecule has 0 aliphatic heterocycles. The molecule has 5 heteroatoms. The summed E-state index contributed by atoms with van der Waals surface area (Å²) in [6.07, 6.45) is 3.04. The minimum Gasteiger partial charge on any atom is -0.266 e. The van der Waals surface area contributed by atoms with E-state index in [2.05, 4.69) is 10.1 Å². The first-order valence-corrected chi connectivity index (χ1v) is 4.96. The molecule has 1 aromatic heterocycles. The smallest absolute Gasteiger partial charge is 0.240 e. The highest BCUT2D eigenvalue weighted by Gasteiger charge is 2.09. The molecule has 1 heterocycles. The van der Waals surface area contributed by atoms with Gasteiger partial charge in [-0.25, -0.2) is 4.79 Å². The van der Waals surface area contributed by atoms with Crippen molar-refractivity contribution < 1.29 is 4.79 Å². The summed E-state index contributed by atoms with van der Waals surface area (Å²) in [5.74, 6) is 0. The predicted octanol–water partition coefficient (Wildman–Crippen LogP) is 2.71. The van der Waals surface area contributed by atoms with E-state index in [1.54, 1.807) is 23.9 Å². The van der Waals surface area contributed by atoms with E-state index in [0.717, 1.165) is 11.3 Å². The Balaban J connectivity index is 2.58. The molecule has 0 saturated carbocycles. The van der Waals surface area contributed by atoms with Crippen molar-refractivity contribution in [2.45, 2.75) is 0 Å². The number of benzene rings is 1. The zero-order valence-corrected chi connectivity index (χ0v) is 9.27. The molecule has 0 bridgehead atoms. The van der Waals surface area contributed by atoms with E-state index in [9.17, 15) is 4.79 Å². The molecule has 2 aromatic rings. The third-order valence-electron chi connectivity index (χ3n) is 2.20. The average Bonchev–Trinajstić information content (AvgIpc) is 2.62. The largest absolute Gasteiger partial charge is 0.266 e. The van der Waals surface area contributed by atoms with Gasteiger partial charge in [-0.2, -0.15) is 10.1 Å². The van der Waals surface area contributed by atoms with Crippen molar-refractivity contribution in [2.24, 2.45) is 12.0 Å². The third kappa shape index (κ3) is 1.89. The zero-order valence-electron chi connectivity index (χ0n) is 8.51. The van der Waals surface area contributed by atoms with Crippen molar-refractivity contribution in [3.8, 4) is 11.3 Å².